The van der Waals surface area contributed by atoms with E-state index in [1.54, 1.807) is 0 Å². The molecule has 0 fully saturated rings. The van der Waals surface area contributed by atoms with Crippen LogP contribution < -0.4 is 0 Å². The van der Waals surface area contributed by atoms with E-state index in [2.05, 4.69) is 0 Å². The molecular weight excluding hydrogens is 142 g/mol. The van der Waals surface area contributed by atoms with Crippen molar-refractivity contribution in [2.45, 2.75) is 39.7 Å². The molecule has 0 aliphatic rings. The van der Waals surface area contributed by atoms with Crippen molar-refractivity contribution in [3.05, 3.63) is 0 Å². The summed E-state index contributed by atoms with van der Waals surface area (Å²) in [6.07, 6.45) is 1.84. The maximum absolute atomic E-state index is 11.1. The largest absolute Gasteiger partial charge is 0.283 e. The molecule has 0 spiro atoms. The monoisotopic (exact) mass is 157 g/mol. The Morgan fingerprint density at radius 2 is 2.09 bits per heavy atom. The van der Waals surface area contributed by atoms with Crippen molar-refractivity contribution in [3.63, 3.8) is 0 Å². The van der Waals surface area contributed by atoms with Crippen LogP contribution in [0.25, 0.3) is 0 Å². The van der Waals surface area contributed by atoms with Crippen LogP contribution in [0.2, 0.25) is 0 Å². The van der Waals surface area contributed by atoms with Gasteiger partial charge in [0, 0.05) is 12.5 Å². The molecule has 0 saturated heterocycles. The quantitative estimate of drug-likeness (QED) is 0.575. The van der Waals surface area contributed by atoms with Crippen LogP contribution in [0.4, 0.5) is 0 Å². The molecule has 0 aliphatic heterocycles. The second-order valence-electron chi connectivity index (χ2n) is 2.75. The molecule has 11 heavy (non-hydrogen) atoms. The highest BCUT2D eigenvalue weighted by atomic mass is 16.2. The fourth-order valence-corrected chi connectivity index (χ4v) is 0.811. The molecule has 0 aromatic carbocycles. The van der Waals surface area contributed by atoms with Crippen molar-refractivity contribution < 1.29 is 9.59 Å². The van der Waals surface area contributed by atoms with Gasteiger partial charge in [0.25, 0.3) is 0 Å². The van der Waals surface area contributed by atoms with Crippen LogP contribution in [0.1, 0.15) is 33.6 Å². The lowest BCUT2D eigenvalue weighted by Crippen LogP contribution is -2.35. The molecule has 0 N–H and O–H groups in total. The Morgan fingerprint density at radius 3 is 2.36 bits per heavy atom. The lowest BCUT2D eigenvalue weighted by Gasteiger charge is -2.18. The van der Waals surface area contributed by atoms with Gasteiger partial charge in [-0.1, -0.05) is 6.92 Å². The van der Waals surface area contributed by atoms with Crippen LogP contribution in [0.3, 0.4) is 0 Å². The van der Waals surface area contributed by atoms with Crippen LogP contribution in [-0.2, 0) is 9.59 Å². The number of carbonyl (C=O) groups is 2. The van der Waals surface area contributed by atoms with Crippen LogP contribution in [0.5, 0.6) is 0 Å². The highest BCUT2D eigenvalue weighted by Gasteiger charge is 2.13. The second kappa shape index (κ2) is 4.88. The standard InChI is InChI=1S/C8H15NO2/c1-4-5-8(11)9(6-10)7(2)3/h6-7H,4-5H2,1-3H3. The lowest BCUT2D eigenvalue weighted by atomic mass is 10.2. The first-order valence-corrected chi connectivity index (χ1v) is 3.90. The van der Waals surface area contributed by atoms with E-state index in [0.717, 1.165) is 6.42 Å². The minimum absolute atomic E-state index is 0.0217. The minimum Gasteiger partial charge on any atom is -0.283 e. The van der Waals surface area contributed by atoms with E-state index in [1.165, 1.54) is 4.90 Å². The molecule has 0 heterocycles. The Balaban J connectivity index is 4.03. The number of nitrogens with zero attached hydrogens (tertiary/aromatic N) is 1. The van der Waals surface area contributed by atoms with Crippen molar-refractivity contribution in [3.8, 4) is 0 Å². The maximum Gasteiger partial charge on any atom is 0.229 e. The summed E-state index contributed by atoms with van der Waals surface area (Å²) in [5, 5.41) is 0. The molecule has 0 rings (SSSR count). The fraction of sp³-hybridized carbons (Fsp3) is 0.750. The molecule has 0 unspecified atom stereocenters. The second-order valence-corrected chi connectivity index (χ2v) is 2.75. The Bertz CT molecular complexity index is 143. The number of imide groups is 1. The first-order valence-electron chi connectivity index (χ1n) is 3.90. The topological polar surface area (TPSA) is 37.4 Å². The molecule has 0 radical (unpaired) electrons. The smallest absolute Gasteiger partial charge is 0.229 e. The van der Waals surface area contributed by atoms with Crippen molar-refractivity contribution >= 4 is 12.3 Å². The van der Waals surface area contributed by atoms with Gasteiger partial charge in [0.2, 0.25) is 12.3 Å². The molecule has 0 aliphatic carbocycles. The van der Waals surface area contributed by atoms with Crippen LogP contribution in [0, 0.1) is 0 Å². The van der Waals surface area contributed by atoms with E-state index < -0.39 is 0 Å². The molecule has 0 atom stereocenters. The van der Waals surface area contributed by atoms with Crippen LogP contribution in [0.15, 0.2) is 0 Å². The van der Waals surface area contributed by atoms with Crippen molar-refractivity contribution in [2.24, 2.45) is 0 Å². The van der Waals surface area contributed by atoms with E-state index >= 15 is 0 Å². The molecular formula is C8H15NO2. The molecule has 3 nitrogen and oxygen atoms in total. The highest BCUT2D eigenvalue weighted by Crippen LogP contribution is 1.99. The third kappa shape index (κ3) is 3.16. The Morgan fingerprint density at radius 1 is 1.55 bits per heavy atom. The predicted molar refractivity (Wildman–Crippen MR) is 43.0 cm³/mol. The van der Waals surface area contributed by atoms with Gasteiger partial charge in [-0.3, -0.25) is 14.5 Å². The predicted octanol–water partition coefficient (Wildman–Crippen LogP) is 1.18. The summed E-state index contributed by atoms with van der Waals surface area (Å²) in [7, 11) is 0. The van der Waals surface area contributed by atoms with Crippen molar-refractivity contribution in [1.82, 2.24) is 4.90 Å². The summed E-state index contributed by atoms with van der Waals surface area (Å²) in [4.78, 5) is 22.7. The summed E-state index contributed by atoms with van der Waals surface area (Å²) in [6, 6.07) is -0.0217. The molecule has 0 saturated carbocycles. The number of carbonyl (C=O) groups excluding carboxylic acids is 2. The first-order chi connectivity index (χ1) is 5.13. The Hall–Kier alpha value is -0.860. The zero-order chi connectivity index (χ0) is 8.85. The highest BCUT2D eigenvalue weighted by molar-refractivity contribution is 5.86. The molecule has 3 heteroatoms. The molecule has 2 amide bonds. The van der Waals surface area contributed by atoms with Crippen molar-refractivity contribution in [1.29, 1.82) is 0 Å². The third-order valence-corrected chi connectivity index (χ3v) is 1.42. The number of hydrogen-bond donors (Lipinski definition) is 0. The number of amides is 2. The zero-order valence-electron chi connectivity index (χ0n) is 7.33. The Labute approximate surface area is 67.4 Å². The minimum atomic E-state index is -0.0856. The van der Waals surface area contributed by atoms with E-state index in [4.69, 9.17) is 0 Å². The van der Waals surface area contributed by atoms with Gasteiger partial charge in [0.05, 0.1) is 0 Å². The van der Waals surface area contributed by atoms with Gasteiger partial charge in [0.1, 0.15) is 0 Å². The summed E-state index contributed by atoms with van der Waals surface area (Å²) >= 11 is 0. The van der Waals surface area contributed by atoms with Gasteiger partial charge in [-0.15, -0.1) is 0 Å². The summed E-state index contributed by atoms with van der Waals surface area (Å²) in [5.41, 5.74) is 0. The van der Waals surface area contributed by atoms with E-state index in [9.17, 15) is 9.59 Å². The van der Waals surface area contributed by atoms with Gasteiger partial charge in [-0.25, -0.2) is 0 Å². The van der Waals surface area contributed by atoms with Crippen LogP contribution >= 0.6 is 0 Å². The molecule has 0 aromatic heterocycles. The normalized spacial score (nSPS) is 9.82. The fourth-order valence-electron chi connectivity index (χ4n) is 0.811. The van der Waals surface area contributed by atoms with E-state index in [0.29, 0.717) is 12.8 Å². The Kier molecular flexibility index (Phi) is 4.50. The summed E-state index contributed by atoms with van der Waals surface area (Å²) in [6.45, 7) is 5.56. The van der Waals surface area contributed by atoms with Gasteiger partial charge in [0.15, 0.2) is 0 Å². The van der Waals surface area contributed by atoms with Gasteiger partial charge in [-0.2, -0.15) is 0 Å². The van der Waals surface area contributed by atoms with Gasteiger partial charge >= 0.3 is 0 Å². The lowest BCUT2D eigenvalue weighted by molar-refractivity contribution is -0.139. The van der Waals surface area contributed by atoms with Gasteiger partial charge in [-0.05, 0) is 20.3 Å². The third-order valence-electron chi connectivity index (χ3n) is 1.42. The summed E-state index contributed by atoms with van der Waals surface area (Å²) < 4.78 is 0. The number of hydrogen-bond acceptors (Lipinski definition) is 2. The first kappa shape index (κ1) is 10.1. The maximum atomic E-state index is 11.1. The van der Waals surface area contributed by atoms with Gasteiger partial charge < -0.3 is 0 Å². The number of rotatable bonds is 4. The molecule has 0 bridgehead atoms. The molecule has 64 valence electrons. The van der Waals surface area contributed by atoms with E-state index in [-0.39, 0.29) is 11.9 Å². The average molecular weight is 157 g/mol. The van der Waals surface area contributed by atoms with E-state index in [1.807, 2.05) is 20.8 Å². The SMILES string of the molecule is CCCC(=O)N(C=O)C(C)C. The van der Waals surface area contributed by atoms with Crippen molar-refractivity contribution in [2.75, 3.05) is 0 Å². The van der Waals surface area contributed by atoms with Crippen LogP contribution in [-0.4, -0.2) is 23.3 Å². The summed E-state index contributed by atoms with van der Waals surface area (Å²) in [5.74, 6) is -0.0856. The zero-order valence-corrected chi connectivity index (χ0v) is 7.33. The molecule has 0 aromatic rings. The average Bonchev–Trinajstić information content (AvgIpc) is 1.88.